The van der Waals surface area contributed by atoms with E-state index in [1.54, 1.807) is 19.2 Å². The molecule has 0 bridgehead atoms. The SMILES string of the molecule is COc1ccccc1N1CCN(c2ccc(NC(=O)NCC(=O)O)cc2C(=O)NC(C)c2ccccc2)CC1. The van der Waals surface area contributed by atoms with Gasteiger partial charge in [0.2, 0.25) is 0 Å². The summed E-state index contributed by atoms with van der Waals surface area (Å²) < 4.78 is 5.53. The quantitative estimate of drug-likeness (QED) is 0.332. The van der Waals surface area contributed by atoms with Gasteiger partial charge in [0.05, 0.1) is 24.4 Å². The average molecular weight is 532 g/mol. The molecule has 1 unspecified atom stereocenters. The predicted molar refractivity (Wildman–Crippen MR) is 151 cm³/mol. The molecule has 1 saturated heterocycles. The van der Waals surface area contributed by atoms with Crippen LogP contribution in [0.2, 0.25) is 0 Å². The first kappa shape index (κ1) is 27.3. The van der Waals surface area contributed by atoms with Crippen LogP contribution in [0.5, 0.6) is 5.75 Å². The van der Waals surface area contributed by atoms with Gasteiger partial charge in [0, 0.05) is 37.6 Å². The summed E-state index contributed by atoms with van der Waals surface area (Å²) >= 11 is 0. The van der Waals surface area contributed by atoms with Crippen LogP contribution in [0.4, 0.5) is 21.9 Å². The molecule has 4 rings (SSSR count). The van der Waals surface area contributed by atoms with Crippen molar-refractivity contribution in [3.8, 4) is 5.75 Å². The summed E-state index contributed by atoms with van der Waals surface area (Å²) in [5.41, 5.74) is 3.55. The highest BCUT2D eigenvalue weighted by molar-refractivity contribution is 6.02. The van der Waals surface area contributed by atoms with Crippen molar-refractivity contribution in [1.29, 1.82) is 0 Å². The summed E-state index contributed by atoms with van der Waals surface area (Å²) in [4.78, 5) is 40.9. The van der Waals surface area contributed by atoms with Gasteiger partial charge in [-0.3, -0.25) is 9.59 Å². The zero-order chi connectivity index (χ0) is 27.8. The Morgan fingerprint density at radius 3 is 2.21 bits per heavy atom. The molecule has 1 aliphatic rings. The second-order valence-corrected chi connectivity index (χ2v) is 9.19. The molecule has 4 N–H and O–H groups in total. The number of para-hydroxylation sites is 2. The molecule has 39 heavy (non-hydrogen) atoms. The number of nitrogens with zero attached hydrogens (tertiary/aromatic N) is 2. The highest BCUT2D eigenvalue weighted by atomic mass is 16.5. The van der Waals surface area contributed by atoms with Gasteiger partial charge >= 0.3 is 12.0 Å². The zero-order valence-electron chi connectivity index (χ0n) is 22.0. The molecule has 1 heterocycles. The van der Waals surface area contributed by atoms with Gasteiger partial charge < -0.3 is 35.6 Å². The second kappa shape index (κ2) is 12.7. The first-order chi connectivity index (χ1) is 18.9. The van der Waals surface area contributed by atoms with Crippen LogP contribution in [0, 0.1) is 0 Å². The summed E-state index contributed by atoms with van der Waals surface area (Å²) in [6, 6.07) is 21.8. The lowest BCUT2D eigenvalue weighted by Gasteiger charge is -2.38. The van der Waals surface area contributed by atoms with Crippen molar-refractivity contribution >= 4 is 35.0 Å². The number of carboxylic acid groups (broad SMARTS) is 1. The first-order valence-corrected chi connectivity index (χ1v) is 12.7. The largest absolute Gasteiger partial charge is 0.495 e. The van der Waals surface area contributed by atoms with Gasteiger partial charge in [-0.1, -0.05) is 42.5 Å². The number of urea groups is 1. The van der Waals surface area contributed by atoms with Crippen molar-refractivity contribution in [3.63, 3.8) is 0 Å². The summed E-state index contributed by atoms with van der Waals surface area (Å²) in [7, 11) is 1.66. The van der Waals surface area contributed by atoms with Gasteiger partial charge in [-0.2, -0.15) is 0 Å². The Bertz CT molecular complexity index is 1310. The third-order valence-electron chi connectivity index (χ3n) is 6.59. The van der Waals surface area contributed by atoms with Gasteiger partial charge in [0.1, 0.15) is 12.3 Å². The van der Waals surface area contributed by atoms with Crippen molar-refractivity contribution < 1.29 is 24.2 Å². The van der Waals surface area contributed by atoms with Crippen molar-refractivity contribution in [2.45, 2.75) is 13.0 Å². The lowest BCUT2D eigenvalue weighted by molar-refractivity contribution is -0.135. The summed E-state index contributed by atoms with van der Waals surface area (Å²) in [6.45, 7) is 4.23. The maximum atomic E-state index is 13.5. The molecule has 0 aromatic heterocycles. The number of carboxylic acids is 1. The van der Waals surface area contributed by atoms with E-state index < -0.39 is 18.5 Å². The number of carbonyl (C=O) groups is 3. The number of carbonyl (C=O) groups excluding carboxylic acids is 2. The smallest absolute Gasteiger partial charge is 0.323 e. The molecule has 3 aromatic rings. The molecule has 3 aromatic carbocycles. The molecule has 1 aliphatic heterocycles. The van der Waals surface area contributed by atoms with E-state index in [4.69, 9.17) is 9.84 Å². The molecule has 204 valence electrons. The summed E-state index contributed by atoms with van der Waals surface area (Å²) in [5, 5.41) is 16.8. The lowest BCUT2D eigenvalue weighted by atomic mass is 10.1. The Hall–Kier alpha value is -4.73. The molecule has 1 atom stereocenters. The maximum Gasteiger partial charge on any atom is 0.323 e. The van der Waals surface area contributed by atoms with Crippen LogP contribution < -0.4 is 30.5 Å². The molecule has 0 radical (unpaired) electrons. The molecule has 10 nitrogen and oxygen atoms in total. The fourth-order valence-electron chi connectivity index (χ4n) is 4.58. The van der Waals surface area contributed by atoms with Crippen molar-refractivity contribution in [2.24, 2.45) is 0 Å². The van der Waals surface area contributed by atoms with E-state index in [-0.39, 0.29) is 11.9 Å². The Morgan fingerprint density at radius 1 is 0.897 bits per heavy atom. The van der Waals surface area contributed by atoms with E-state index >= 15 is 0 Å². The minimum Gasteiger partial charge on any atom is -0.495 e. The monoisotopic (exact) mass is 531 g/mol. The summed E-state index contributed by atoms with van der Waals surface area (Å²) in [6.07, 6.45) is 0. The van der Waals surface area contributed by atoms with E-state index in [0.29, 0.717) is 24.3 Å². The van der Waals surface area contributed by atoms with Crippen LogP contribution >= 0.6 is 0 Å². The molecule has 0 saturated carbocycles. The van der Waals surface area contributed by atoms with E-state index in [0.717, 1.165) is 35.8 Å². The number of benzene rings is 3. The highest BCUT2D eigenvalue weighted by Gasteiger charge is 2.24. The lowest BCUT2D eigenvalue weighted by Crippen LogP contribution is -2.47. The van der Waals surface area contributed by atoms with Gasteiger partial charge in [0.15, 0.2) is 0 Å². The number of rotatable bonds is 9. The van der Waals surface area contributed by atoms with Gasteiger partial charge in [0.25, 0.3) is 5.91 Å². The number of nitrogens with one attached hydrogen (secondary N) is 3. The van der Waals surface area contributed by atoms with Crippen LogP contribution in [0.1, 0.15) is 28.9 Å². The number of hydrogen-bond donors (Lipinski definition) is 4. The van der Waals surface area contributed by atoms with E-state index in [1.165, 1.54) is 0 Å². The van der Waals surface area contributed by atoms with Crippen LogP contribution in [-0.2, 0) is 4.79 Å². The Balaban J connectivity index is 1.54. The topological polar surface area (TPSA) is 123 Å². The van der Waals surface area contributed by atoms with Gasteiger partial charge in [-0.25, -0.2) is 4.79 Å². The molecular weight excluding hydrogens is 498 g/mol. The Kier molecular flexibility index (Phi) is 8.88. The predicted octanol–water partition coefficient (Wildman–Crippen LogP) is 3.72. The maximum absolute atomic E-state index is 13.5. The number of ether oxygens (including phenoxy) is 1. The Labute approximate surface area is 227 Å². The molecule has 3 amide bonds. The second-order valence-electron chi connectivity index (χ2n) is 9.19. The van der Waals surface area contributed by atoms with Crippen molar-refractivity contribution in [3.05, 3.63) is 83.9 Å². The minimum absolute atomic E-state index is 0.232. The number of amides is 3. The van der Waals surface area contributed by atoms with Gasteiger partial charge in [-0.05, 0) is 42.8 Å². The molecule has 0 aliphatic carbocycles. The fourth-order valence-corrected chi connectivity index (χ4v) is 4.58. The number of hydrogen-bond acceptors (Lipinski definition) is 6. The fraction of sp³-hybridized carbons (Fsp3) is 0.276. The van der Waals surface area contributed by atoms with E-state index in [1.807, 2.05) is 67.6 Å². The van der Waals surface area contributed by atoms with Crippen LogP contribution in [-0.4, -0.2) is 62.8 Å². The molecule has 10 heteroatoms. The van der Waals surface area contributed by atoms with Crippen molar-refractivity contribution in [2.75, 3.05) is 55.0 Å². The average Bonchev–Trinajstić information content (AvgIpc) is 2.96. The highest BCUT2D eigenvalue weighted by Crippen LogP contribution is 2.31. The number of aliphatic carboxylic acids is 1. The Morgan fingerprint density at radius 2 is 1.54 bits per heavy atom. The van der Waals surface area contributed by atoms with E-state index in [9.17, 15) is 14.4 Å². The number of anilines is 3. The third kappa shape index (κ3) is 6.98. The zero-order valence-corrected chi connectivity index (χ0v) is 22.0. The summed E-state index contributed by atoms with van der Waals surface area (Å²) in [5.74, 6) is -0.608. The van der Waals surface area contributed by atoms with Crippen LogP contribution in [0.15, 0.2) is 72.8 Å². The molecular formula is C29H33N5O5. The van der Waals surface area contributed by atoms with Crippen LogP contribution in [0.25, 0.3) is 0 Å². The normalized spacial score (nSPS) is 13.8. The molecule has 1 fully saturated rings. The first-order valence-electron chi connectivity index (χ1n) is 12.7. The molecule has 0 spiro atoms. The van der Waals surface area contributed by atoms with Crippen molar-refractivity contribution in [1.82, 2.24) is 10.6 Å². The third-order valence-corrected chi connectivity index (χ3v) is 6.59. The minimum atomic E-state index is -1.15. The van der Waals surface area contributed by atoms with Crippen LogP contribution in [0.3, 0.4) is 0 Å². The number of piperazine rings is 1. The van der Waals surface area contributed by atoms with E-state index in [2.05, 4.69) is 25.8 Å². The number of methoxy groups -OCH3 is 1. The van der Waals surface area contributed by atoms with Gasteiger partial charge in [-0.15, -0.1) is 0 Å². The standard InChI is InChI=1S/C29H33N5O5/c1-20(21-8-4-3-5-9-21)31-28(37)23-18-22(32-29(38)30-19-27(35)36)12-13-24(23)33-14-16-34(17-15-33)25-10-6-7-11-26(25)39-2/h3-13,18,20H,14-17,19H2,1-2H3,(H,31,37)(H,35,36)(H2,30,32,38).